The van der Waals surface area contributed by atoms with Gasteiger partial charge in [0.1, 0.15) is 11.4 Å². The van der Waals surface area contributed by atoms with Crippen molar-refractivity contribution in [3.05, 3.63) is 10.9 Å². The number of hydrogen-bond acceptors (Lipinski definition) is 5. The van der Waals surface area contributed by atoms with E-state index >= 15 is 0 Å². The van der Waals surface area contributed by atoms with E-state index in [-0.39, 0.29) is 22.2 Å². The molecule has 0 unspecified atom stereocenters. The highest BCUT2D eigenvalue weighted by Crippen LogP contribution is 2.33. The van der Waals surface area contributed by atoms with Crippen LogP contribution in [0.1, 0.15) is 16.6 Å². The molecule has 0 fully saturated rings. The molecule has 8 heteroatoms. The van der Waals surface area contributed by atoms with Gasteiger partial charge in [-0.3, -0.25) is 0 Å². The van der Waals surface area contributed by atoms with Gasteiger partial charge in [-0.1, -0.05) is 0 Å². The first-order valence-corrected chi connectivity index (χ1v) is 5.90. The van der Waals surface area contributed by atoms with Crippen LogP contribution in [0.5, 0.6) is 0 Å². The molecule has 0 bridgehead atoms. The summed E-state index contributed by atoms with van der Waals surface area (Å²) in [5.74, 6) is -0.619. The van der Waals surface area contributed by atoms with Crippen LogP contribution in [-0.2, 0) is 4.74 Å². The average molecular weight is 282 g/mol. The second-order valence-corrected chi connectivity index (χ2v) is 4.59. The molecule has 0 aliphatic heterocycles. The fourth-order valence-electron chi connectivity index (χ4n) is 1.28. The van der Waals surface area contributed by atoms with Crippen LogP contribution in [0.3, 0.4) is 0 Å². The molecule has 0 saturated heterocycles. The summed E-state index contributed by atoms with van der Waals surface area (Å²) in [5, 5.41) is 0.271. The first-order valence-electron chi connectivity index (χ1n) is 5.09. The van der Waals surface area contributed by atoms with E-state index in [4.69, 9.17) is 10.5 Å². The average Bonchev–Trinajstić information content (AvgIpc) is 2.58. The van der Waals surface area contributed by atoms with Crippen LogP contribution >= 0.6 is 11.3 Å². The number of nitrogens with zero attached hydrogens (tertiary/aromatic N) is 1. The number of carbonyl (C=O) groups is 1. The minimum absolute atomic E-state index is 0.126. The van der Waals surface area contributed by atoms with Gasteiger partial charge in [0, 0.05) is 7.05 Å². The van der Waals surface area contributed by atoms with Crippen molar-refractivity contribution in [1.82, 2.24) is 0 Å². The monoisotopic (exact) mass is 282 g/mol. The topological polar surface area (TPSA) is 55.6 Å². The Morgan fingerprint density at radius 3 is 2.67 bits per heavy atom. The zero-order chi connectivity index (χ0) is 13.9. The Morgan fingerprint density at radius 1 is 1.56 bits per heavy atom. The molecule has 1 rings (SSSR count). The summed E-state index contributed by atoms with van der Waals surface area (Å²) >= 11 is 0.883. The summed E-state index contributed by atoms with van der Waals surface area (Å²) in [6.07, 6.45) is -4.31. The molecule has 1 heterocycles. The SMILES string of the molecule is CCOC(=O)c1sc(N(C)CC(F)(F)F)cc1N. The summed E-state index contributed by atoms with van der Waals surface area (Å²) in [4.78, 5) is 12.6. The quantitative estimate of drug-likeness (QED) is 0.862. The van der Waals surface area contributed by atoms with Crippen molar-refractivity contribution in [3.63, 3.8) is 0 Å². The fourth-order valence-corrected chi connectivity index (χ4v) is 2.22. The van der Waals surface area contributed by atoms with E-state index in [0.717, 1.165) is 16.2 Å². The molecular formula is C10H13F3N2O2S. The number of ether oxygens (including phenoxy) is 1. The van der Waals surface area contributed by atoms with E-state index in [1.54, 1.807) is 6.92 Å². The number of rotatable bonds is 4. The Kier molecular flexibility index (Phi) is 4.44. The third-order valence-electron chi connectivity index (χ3n) is 2.00. The number of halogens is 3. The summed E-state index contributed by atoms with van der Waals surface area (Å²) < 4.78 is 41.4. The lowest BCUT2D eigenvalue weighted by atomic mass is 10.4. The minimum atomic E-state index is -4.31. The van der Waals surface area contributed by atoms with Gasteiger partial charge in [0.15, 0.2) is 0 Å². The van der Waals surface area contributed by atoms with Gasteiger partial charge in [0.25, 0.3) is 0 Å². The first-order chi connectivity index (χ1) is 8.24. The Bertz CT molecular complexity index is 431. The Balaban J connectivity index is 2.87. The molecule has 18 heavy (non-hydrogen) atoms. The van der Waals surface area contributed by atoms with Crippen LogP contribution in [0.15, 0.2) is 6.07 Å². The number of alkyl halides is 3. The summed E-state index contributed by atoms with van der Waals surface area (Å²) in [7, 11) is 1.29. The first kappa shape index (κ1) is 14.6. The molecule has 0 aromatic carbocycles. The molecule has 4 nitrogen and oxygen atoms in total. The molecular weight excluding hydrogens is 269 g/mol. The number of carbonyl (C=O) groups excluding carboxylic acids is 1. The van der Waals surface area contributed by atoms with Crippen molar-refractivity contribution in [2.45, 2.75) is 13.1 Å². The molecule has 102 valence electrons. The van der Waals surface area contributed by atoms with Gasteiger partial charge >= 0.3 is 12.1 Å². The van der Waals surface area contributed by atoms with Gasteiger partial charge < -0.3 is 15.4 Å². The van der Waals surface area contributed by atoms with Crippen LogP contribution in [-0.4, -0.2) is 32.3 Å². The lowest BCUT2D eigenvalue weighted by Gasteiger charge is -2.18. The zero-order valence-corrected chi connectivity index (χ0v) is 10.7. The maximum atomic E-state index is 12.2. The molecule has 0 spiro atoms. The molecule has 0 saturated carbocycles. The van der Waals surface area contributed by atoms with Crippen LogP contribution in [0, 0.1) is 0 Å². The van der Waals surface area contributed by atoms with Crippen molar-refractivity contribution in [2.24, 2.45) is 0 Å². The smallest absolute Gasteiger partial charge is 0.405 e. The second kappa shape index (κ2) is 5.47. The standard InChI is InChI=1S/C10H13F3N2O2S/c1-3-17-9(16)8-6(14)4-7(18-8)15(2)5-10(11,12)13/h4H,3,5,14H2,1-2H3. The highest BCUT2D eigenvalue weighted by Gasteiger charge is 2.30. The lowest BCUT2D eigenvalue weighted by Crippen LogP contribution is -2.30. The molecule has 2 N–H and O–H groups in total. The Hall–Kier alpha value is -1.44. The van der Waals surface area contributed by atoms with Crippen LogP contribution in [0.4, 0.5) is 23.9 Å². The number of nitrogens with two attached hydrogens (primary N) is 1. The van der Waals surface area contributed by atoms with Crippen LogP contribution in [0.2, 0.25) is 0 Å². The van der Waals surface area contributed by atoms with Crippen molar-refractivity contribution in [3.8, 4) is 0 Å². The number of esters is 1. The number of thiophene rings is 1. The van der Waals surface area contributed by atoms with Crippen molar-refractivity contribution in [1.29, 1.82) is 0 Å². The zero-order valence-electron chi connectivity index (χ0n) is 9.87. The third kappa shape index (κ3) is 3.80. The highest BCUT2D eigenvalue weighted by molar-refractivity contribution is 7.18. The van der Waals surface area contributed by atoms with Gasteiger partial charge in [-0.15, -0.1) is 11.3 Å². The molecule has 1 aromatic rings. The summed E-state index contributed by atoms with van der Waals surface area (Å²) in [6, 6.07) is 1.34. The molecule has 1 aromatic heterocycles. The van der Waals surface area contributed by atoms with Gasteiger partial charge in [-0.05, 0) is 13.0 Å². The van der Waals surface area contributed by atoms with E-state index in [9.17, 15) is 18.0 Å². The largest absolute Gasteiger partial charge is 0.462 e. The molecule has 0 aliphatic carbocycles. The highest BCUT2D eigenvalue weighted by atomic mass is 32.1. The molecule has 0 atom stereocenters. The van der Waals surface area contributed by atoms with E-state index in [2.05, 4.69) is 0 Å². The molecule has 0 aliphatic rings. The van der Waals surface area contributed by atoms with E-state index in [1.807, 2.05) is 0 Å². The van der Waals surface area contributed by atoms with Crippen LogP contribution in [0.25, 0.3) is 0 Å². The number of anilines is 2. The second-order valence-electron chi connectivity index (χ2n) is 3.56. The predicted octanol–water partition coefficient (Wildman–Crippen LogP) is 2.51. The van der Waals surface area contributed by atoms with Crippen LogP contribution < -0.4 is 10.6 Å². The third-order valence-corrected chi connectivity index (χ3v) is 3.25. The predicted molar refractivity (Wildman–Crippen MR) is 64.0 cm³/mol. The van der Waals surface area contributed by atoms with Crippen molar-refractivity contribution in [2.75, 3.05) is 30.8 Å². The van der Waals surface area contributed by atoms with E-state index < -0.39 is 18.7 Å². The lowest BCUT2D eigenvalue weighted by molar-refractivity contribution is -0.119. The molecule has 0 amide bonds. The Labute approximate surface area is 106 Å². The summed E-state index contributed by atoms with van der Waals surface area (Å²) in [5.41, 5.74) is 5.70. The summed E-state index contributed by atoms with van der Waals surface area (Å²) in [6.45, 7) is 0.720. The number of nitrogen functional groups attached to an aromatic ring is 1. The van der Waals surface area contributed by atoms with Gasteiger partial charge in [-0.25, -0.2) is 4.79 Å². The minimum Gasteiger partial charge on any atom is -0.462 e. The fraction of sp³-hybridized carbons (Fsp3) is 0.500. The Morgan fingerprint density at radius 2 is 2.17 bits per heavy atom. The van der Waals surface area contributed by atoms with Gasteiger partial charge in [0.05, 0.1) is 17.3 Å². The van der Waals surface area contributed by atoms with Gasteiger partial charge in [0.2, 0.25) is 0 Å². The number of hydrogen-bond donors (Lipinski definition) is 1. The maximum Gasteiger partial charge on any atom is 0.405 e. The normalized spacial score (nSPS) is 11.4. The van der Waals surface area contributed by atoms with Crippen molar-refractivity contribution >= 4 is 28.0 Å². The van der Waals surface area contributed by atoms with Crippen molar-refractivity contribution < 1.29 is 22.7 Å². The van der Waals surface area contributed by atoms with E-state index in [0.29, 0.717) is 0 Å². The van der Waals surface area contributed by atoms with Gasteiger partial charge in [-0.2, -0.15) is 13.2 Å². The van der Waals surface area contributed by atoms with E-state index in [1.165, 1.54) is 13.1 Å². The maximum absolute atomic E-state index is 12.2. The molecule has 0 radical (unpaired) electrons.